The van der Waals surface area contributed by atoms with Gasteiger partial charge in [0.25, 0.3) is 0 Å². The highest BCUT2D eigenvalue weighted by atomic mass is 16.6. The topological polar surface area (TPSA) is 62.3 Å². The van der Waals surface area contributed by atoms with Gasteiger partial charge in [0.15, 0.2) is 0 Å². The van der Waals surface area contributed by atoms with Crippen LogP contribution in [0.3, 0.4) is 0 Å². The molecule has 0 radical (unpaired) electrons. The number of ether oxygens (including phenoxy) is 2. The molecule has 1 aliphatic carbocycles. The highest BCUT2D eigenvalue weighted by molar-refractivity contribution is 5.76. The number of esters is 1. The fraction of sp³-hybridized carbons (Fsp3) is 0.842. The number of fused-ring (bicyclic) bond motifs is 3. The first-order valence-corrected chi connectivity index (χ1v) is 9.34. The summed E-state index contributed by atoms with van der Waals surface area (Å²) >= 11 is 0. The van der Waals surface area contributed by atoms with Crippen LogP contribution in [0.1, 0.15) is 47.0 Å². The van der Waals surface area contributed by atoms with Gasteiger partial charge in [-0.1, -0.05) is 25.5 Å². The molecule has 0 spiro atoms. The Morgan fingerprint density at radius 2 is 2.08 bits per heavy atom. The van der Waals surface area contributed by atoms with Crippen LogP contribution in [0.25, 0.3) is 0 Å². The quantitative estimate of drug-likeness (QED) is 0.484. The van der Waals surface area contributed by atoms with Gasteiger partial charge in [0.05, 0.1) is 17.6 Å². The lowest BCUT2D eigenvalue weighted by atomic mass is 9.78. The Morgan fingerprint density at radius 3 is 2.75 bits per heavy atom. The van der Waals surface area contributed by atoms with Crippen LogP contribution in [0.5, 0.6) is 0 Å². The van der Waals surface area contributed by atoms with Gasteiger partial charge < -0.3 is 19.5 Å². The molecule has 5 heteroatoms. The van der Waals surface area contributed by atoms with Crippen molar-refractivity contribution in [1.29, 1.82) is 0 Å². The minimum Gasteiger partial charge on any atom is -0.459 e. The molecule has 0 aromatic rings. The van der Waals surface area contributed by atoms with Crippen molar-refractivity contribution in [3.8, 4) is 0 Å². The molecule has 24 heavy (non-hydrogen) atoms. The molecule has 0 saturated carbocycles. The summed E-state index contributed by atoms with van der Waals surface area (Å²) in [5.74, 6) is -0.633. The number of epoxide rings is 1. The van der Waals surface area contributed by atoms with Gasteiger partial charge in [-0.2, -0.15) is 0 Å². The van der Waals surface area contributed by atoms with E-state index in [-0.39, 0.29) is 35.6 Å². The standard InChI is InChI=1S/C19H31NO4/c1-5-20(6-2)11-13-15-14(21)10-12(3)8-7-9-19(4)17(24-19)16(15)23-18(13)22/h8,13-17,21H,5-7,9-11H2,1-4H3/b12-8+/t13-,14-,15-,16-,17+,19+/m0/s1. The zero-order valence-electron chi connectivity index (χ0n) is 15.3. The Hall–Kier alpha value is -0.910. The Balaban J connectivity index is 1.87. The van der Waals surface area contributed by atoms with E-state index in [1.807, 2.05) is 0 Å². The smallest absolute Gasteiger partial charge is 0.311 e. The van der Waals surface area contributed by atoms with Crippen LogP contribution in [0.2, 0.25) is 0 Å². The van der Waals surface area contributed by atoms with Gasteiger partial charge in [-0.05, 0) is 46.2 Å². The summed E-state index contributed by atoms with van der Waals surface area (Å²) in [4.78, 5) is 14.8. The molecular weight excluding hydrogens is 306 g/mol. The molecular formula is C19H31NO4. The molecule has 2 heterocycles. The predicted molar refractivity (Wildman–Crippen MR) is 91.5 cm³/mol. The lowest BCUT2D eigenvalue weighted by Crippen LogP contribution is -2.42. The maximum atomic E-state index is 12.6. The number of aliphatic hydroxyl groups excluding tert-OH is 1. The zero-order chi connectivity index (χ0) is 17.5. The Bertz CT molecular complexity index is 515. The van der Waals surface area contributed by atoms with Gasteiger partial charge in [0.2, 0.25) is 0 Å². The lowest BCUT2D eigenvalue weighted by Gasteiger charge is -2.29. The van der Waals surface area contributed by atoms with Gasteiger partial charge in [-0.15, -0.1) is 0 Å². The van der Waals surface area contributed by atoms with Crippen LogP contribution in [-0.4, -0.2) is 59.5 Å². The molecule has 1 N–H and O–H groups in total. The molecule has 136 valence electrons. The van der Waals surface area contributed by atoms with Crippen LogP contribution < -0.4 is 0 Å². The van der Waals surface area contributed by atoms with Crippen molar-refractivity contribution in [3.05, 3.63) is 11.6 Å². The number of carbonyl (C=O) groups is 1. The van der Waals surface area contributed by atoms with Gasteiger partial charge in [-0.3, -0.25) is 4.79 Å². The first-order valence-electron chi connectivity index (χ1n) is 9.34. The van der Waals surface area contributed by atoms with Gasteiger partial charge in [-0.25, -0.2) is 0 Å². The third kappa shape index (κ3) is 3.26. The molecule has 2 aliphatic heterocycles. The van der Waals surface area contributed by atoms with Crippen molar-refractivity contribution < 1.29 is 19.4 Å². The molecule has 3 rings (SSSR count). The molecule has 0 bridgehead atoms. The highest BCUT2D eigenvalue weighted by Crippen LogP contribution is 2.50. The van der Waals surface area contributed by atoms with E-state index in [1.54, 1.807) is 0 Å². The first kappa shape index (κ1) is 17.9. The van der Waals surface area contributed by atoms with Crippen LogP contribution >= 0.6 is 0 Å². The molecule has 3 aliphatic rings. The van der Waals surface area contributed by atoms with Crippen molar-refractivity contribution in [2.24, 2.45) is 11.8 Å². The molecule has 0 unspecified atom stereocenters. The van der Waals surface area contributed by atoms with E-state index in [0.29, 0.717) is 13.0 Å². The van der Waals surface area contributed by atoms with Crippen molar-refractivity contribution in [1.82, 2.24) is 4.90 Å². The van der Waals surface area contributed by atoms with E-state index in [1.165, 1.54) is 5.57 Å². The van der Waals surface area contributed by atoms with E-state index in [2.05, 4.69) is 38.7 Å². The molecule has 2 fully saturated rings. The summed E-state index contributed by atoms with van der Waals surface area (Å²) in [7, 11) is 0. The summed E-state index contributed by atoms with van der Waals surface area (Å²) in [5.41, 5.74) is 0.964. The second-order valence-corrected chi connectivity index (χ2v) is 7.78. The molecule has 5 nitrogen and oxygen atoms in total. The Labute approximate surface area is 145 Å². The molecule has 0 aromatic carbocycles. The summed E-state index contributed by atoms with van der Waals surface area (Å²) in [6.45, 7) is 10.8. The van der Waals surface area contributed by atoms with E-state index in [0.717, 1.165) is 25.9 Å². The average Bonchev–Trinajstić information content (AvgIpc) is 3.09. The number of nitrogens with zero attached hydrogens (tertiary/aromatic N) is 1. The SMILES string of the molecule is CCN(CC)C[C@@H]1C(=O)O[C@H]2[C@@H]1[C@@H](O)C/C(C)=C/CC[C@@]1(C)O[C@H]21. The van der Waals surface area contributed by atoms with Crippen molar-refractivity contribution in [2.45, 2.75) is 70.9 Å². The van der Waals surface area contributed by atoms with Crippen molar-refractivity contribution in [2.75, 3.05) is 19.6 Å². The maximum absolute atomic E-state index is 12.6. The largest absolute Gasteiger partial charge is 0.459 e. The van der Waals surface area contributed by atoms with Gasteiger partial charge in [0, 0.05) is 12.5 Å². The van der Waals surface area contributed by atoms with Gasteiger partial charge in [0.1, 0.15) is 12.2 Å². The summed E-state index contributed by atoms with van der Waals surface area (Å²) in [6.07, 6.45) is 3.73. The first-order chi connectivity index (χ1) is 11.4. The summed E-state index contributed by atoms with van der Waals surface area (Å²) in [5, 5.41) is 10.9. The molecule has 0 aromatic heterocycles. The van der Waals surface area contributed by atoms with Crippen molar-refractivity contribution in [3.63, 3.8) is 0 Å². The maximum Gasteiger partial charge on any atom is 0.311 e. The minimum absolute atomic E-state index is 0.0744. The predicted octanol–water partition coefficient (Wildman–Crippen LogP) is 2.13. The fourth-order valence-corrected chi connectivity index (χ4v) is 4.42. The highest BCUT2D eigenvalue weighted by Gasteiger charge is 2.64. The molecule has 2 saturated heterocycles. The molecule has 6 atom stereocenters. The minimum atomic E-state index is -0.565. The third-order valence-corrected chi connectivity index (χ3v) is 6.10. The summed E-state index contributed by atoms with van der Waals surface area (Å²) < 4.78 is 11.7. The van der Waals surface area contributed by atoms with Gasteiger partial charge >= 0.3 is 5.97 Å². The van der Waals surface area contributed by atoms with E-state index < -0.39 is 6.10 Å². The number of rotatable bonds is 4. The second-order valence-electron chi connectivity index (χ2n) is 7.78. The average molecular weight is 337 g/mol. The zero-order valence-corrected chi connectivity index (χ0v) is 15.3. The monoisotopic (exact) mass is 337 g/mol. The van der Waals surface area contributed by atoms with E-state index in [9.17, 15) is 9.90 Å². The third-order valence-electron chi connectivity index (χ3n) is 6.10. The number of hydrogen-bond donors (Lipinski definition) is 1. The fourth-order valence-electron chi connectivity index (χ4n) is 4.42. The Kier molecular flexibility index (Phi) is 5.05. The van der Waals surface area contributed by atoms with Crippen LogP contribution in [0.4, 0.5) is 0 Å². The number of allylic oxidation sites excluding steroid dienone is 1. The number of aliphatic hydroxyl groups is 1. The van der Waals surface area contributed by atoms with Crippen LogP contribution in [-0.2, 0) is 14.3 Å². The number of carbonyl (C=O) groups excluding carboxylic acids is 1. The van der Waals surface area contributed by atoms with Crippen molar-refractivity contribution >= 4 is 5.97 Å². The van der Waals surface area contributed by atoms with Crippen LogP contribution in [0, 0.1) is 11.8 Å². The van der Waals surface area contributed by atoms with Crippen LogP contribution in [0.15, 0.2) is 11.6 Å². The van der Waals surface area contributed by atoms with E-state index in [4.69, 9.17) is 9.47 Å². The number of hydrogen-bond acceptors (Lipinski definition) is 5. The van der Waals surface area contributed by atoms with E-state index >= 15 is 0 Å². The normalized spacial score (nSPS) is 44.3. The summed E-state index contributed by atoms with van der Waals surface area (Å²) in [6, 6.07) is 0. The Morgan fingerprint density at radius 1 is 1.38 bits per heavy atom. The second kappa shape index (κ2) is 6.77. The lowest BCUT2D eigenvalue weighted by molar-refractivity contribution is -0.145. The molecule has 0 amide bonds.